The minimum Gasteiger partial charge on any atom is -0.394 e. The van der Waals surface area contributed by atoms with E-state index in [1.807, 2.05) is 0 Å². The SMILES string of the molecule is OCC(O)[C@H]1O[C@@H](O)C[C@@H]1O. The van der Waals surface area contributed by atoms with Gasteiger partial charge in [-0.2, -0.15) is 0 Å². The maximum Gasteiger partial charge on any atom is 0.157 e. The van der Waals surface area contributed by atoms with E-state index in [2.05, 4.69) is 0 Å². The van der Waals surface area contributed by atoms with Crippen LogP contribution in [-0.2, 0) is 4.74 Å². The third-order valence-corrected chi connectivity index (χ3v) is 1.70. The van der Waals surface area contributed by atoms with E-state index in [9.17, 15) is 0 Å². The molecule has 0 saturated carbocycles. The van der Waals surface area contributed by atoms with Gasteiger partial charge in [0.25, 0.3) is 0 Å². The Morgan fingerprint density at radius 1 is 1.45 bits per heavy atom. The topological polar surface area (TPSA) is 90.2 Å². The van der Waals surface area contributed by atoms with Crippen LogP contribution in [0.2, 0.25) is 0 Å². The second-order valence-electron chi connectivity index (χ2n) is 2.61. The summed E-state index contributed by atoms with van der Waals surface area (Å²) >= 11 is 0. The number of aliphatic hydroxyl groups excluding tert-OH is 4. The molecule has 1 fully saturated rings. The van der Waals surface area contributed by atoms with Gasteiger partial charge in [0.15, 0.2) is 6.29 Å². The molecule has 1 aliphatic heterocycles. The normalized spacial score (nSPS) is 40.9. The molecule has 1 aliphatic rings. The molecule has 1 unspecified atom stereocenters. The van der Waals surface area contributed by atoms with Crippen LogP contribution in [-0.4, -0.2) is 51.6 Å². The van der Waals surface area contributed by atoms with Crippen molar-refractivity contribution in [2.45, 2.75) is 31.0 Å². The van der Waals surface area contributed by atoms with Crippen molar-refractivity contribution in [3.8, 4) is 0 Å². The predicted octanol–water partition coefficient (Wildman–Crippen LogP) is -2.19. The molecule has 0 aromatic heterocycles. The Morgan fingerprint density at radius 3 is 2.45 bits per heavy atom. The van der Waals surface area contributed by atoms with Gasteiger partial charge in [-0.05, 0) is 0 Å². The number of ether oxygens (including phenoxy) is 1. The van der Waals surface area contributed by atoms with Crippen molar-refractivity contribution in [3.05, 3.63) is 0 Å². The molecule has 0 aliphatic carbocycles. The van der Waals surface area contributed by atoms with E-state index >= 15 is 0 Å². The number of hydrogen-bond donors (Lipinski definition) is 4. The van der Waals surface area contributed by atoms with Crippen molar-refractivity contribution < 1.29 is 25.2 Å². The first-order chi connectivity index (χ1) is 5.15. The second-order valence-corrected chi connectivity index (χ2v) is 2.61. The molecule has 0 aromatic carbocycles. The third-order valence-electron chi connectivity index (χ3n) is 1.70. The van der Waals surface area contributed by atoms with E-state index in [0.29, 0.717) is 0 Å². The smallest absolute Gasteiger partial charge is 0.157 e. The lowest BCUT2D eigenvalue weighted by Gasteiger charge is -2.17. The maximum absolute atomic E-state index is 9.10. The van der Waals surface area contributed by atoms with Crippen molar-refractivity contribution in [2.75, 3.05) is 6.61 Å². The quantitative estimate of drug-likeness (QED) is 0.372. The van der Waals surface area contributed by atoms with Crippen LogP contribution in [0.15, 0.2) is 0 Å². The highest BCUT2D eigenvalue weighted by Crippen LogP contribution is 2.20. The predicted molar refractivity (Wildman–Crippen MR) is 34.6 cm³/mol. The van der Waals surface area contributed by atoms with Gasteiger partial charge in [-0.15, -0.1) is 0 Å². The van der Waals surface area contributed by atoms with Gasteiger partial charge >= 0.3 is 0 Å². The maximum atomic E-state index is 9.10. The van der Waals surface area contributed by atoms with Gasteiger partial charge in [0, 0.05) is 6.42 Å². The largest absolute Gasteiger partial charge is 0.394 e. The molecular formula is C6H12O5. The fraction of sp³-hybridized carbons (Fsp3) is 1.00. The van der Waals surface area contributed by atoms with E-state index in [1.165, 1.54) is 0 Å². The van der Waals surface area contributed by atoms with Gasteiger partial charge in [0.1, 0.15) is 12.2 Å². The van der Waals surface area contributed by atoms with Gasteiger partial charge < -0.3 is 25.2 Å². The molecule has 0 radical (unpaired) electrons. The summed E-state index contributed by atoms with van der Waals surface area (Å²) in [7, 11) is 0. The van der Waals surface area contributed by atoms with Crippen LogP contribution in [0.3, 0.4) is 0 Å². The second kappa shape index (κ2) is 3.46. The van der Waals surface area contributed by atoms with Crippen molar-refractivity contribution in [1.82, 2.24) is 0 Å². The van der Waals surface area contributed by atoms with E-state index < -0.39 is 31.2 Å². The molecule has 0 bridgehead atoms. The number of hydrogen-bond acceptors (Lipinski definition) is 5. The zero-order valence-corrected chi connectivity index (χ0v) is 5.92. The number of rotatable bonds is 2. The highest BCUT2D eigenvalue weighted by Gasteiger charge is 2.37. The van der Waals surface area contributed by atoms with Gasteiger partial charge in [0.2, 0.25) is 0 Å². The fourth-order valence-corrected chi connectivity index (χ4v) is 1.12. The van der Waals surface area contributed by atoms with Crippen molar-refractivity contribution >= 4 is 0 Å². The molecule has 1 heterocycles. The molecule has 0 aromatic rings. The van der Waals surface area contributed by atoms with Gasteiger partial charge in [-0.3, -0.25) is 0 Å². The first-order valence-electron chi connectivity index (χ1n) is 3.45. The fourth-order valence-electron chi connectivity index (χ4n) is 1.12. The van der Waals surface area contributed by atoms with Gasteiger partial charge in [-0.25, -0.2) is 0 Å². The van der Waals surface area contributed by atoms with Crippen LogP contribution in [0.5, 0.6) is 0 Å². The summed E-state index contributed by atoms with van der Waals surface area (Å²) in [6.45, 7) is -0.478. The summed E-state index contributed by atoms with van der Waals surface area (Å²) in [5.41, 5.74) is 0. The van der Waals surface area contributed by atoms with Crippen LogP contribution in [0.25, 0.3) is 0 Å². The highest BCUT2D eigenvalue weighted by molar-refractivity contribution is 4.82. The van der Waals surface area contributed by atoms with Gasteiger partial charge in [0.05, 0.1) is 12.7 Å². The molecule has 1 saturated heterocycles. The van der Waals surface area contributed by atoms with E-state index in [4.69, 9.17) is 25.2 Å². The first kappa shape index (κ1) is 8.89. The summed E-state index contributed by atoms with van der Waals surface area (Å²) in [6, 6.07) is 0. The molecule has 4 atom stereocenters. The Labute approximate surface area is 63.8 Å². The highest BCUT2D eigenvalue weighted by atomic mass is 16.6. The Morgan fingerprint density at radius 2 is 2.09 bits per heavy atom. The lowest BCUT2D eigenvalue weighted by molar-refractivity contribution is -0.136. The summed E-state index contributed by atoms with van der Waals surface area (Å²) in [5, 5.41) is 35.4. The molecule has 1 rings (SSSR count). The van der Waals surface area contributed by atoms with E-state index in [0.717, 1.165) is 0 Å². The Kier molecular flexibility index (Phi) is 2.80. The number of aliphatic hydroxyl groups is 4. The van der Waals surface area contributed by atoms with Crippen LogP contribution < -0.4 is 0 Å². The molecule has 0 spiro atoms. The van der Waals surface area contributed by atoms with Crippen molar-refractivity contribution in [1.29, 1.82) is 0 Å². The zero-order valence-electron chi connectivity index (χ0n) is 5.92. The van der Waals surface area contributed by atoms with E-state index in [-0.39, 0.29) is 6.42 Å². The Bertz CT molecular complexity index is 124. The van der Waals surface area contributed by atoms with Crippen molar-refractivity contribution in [2.24, 2.45) is 0 Å². The van der Waals surface area contributed by atoms with E-state index in [1.54, 1.807) is 0 Å². The third kappa shape index (κ3) is 1.88. The molecule has 4 N–H and O–H groups in total. The lowest BCUT2D eigenvalue weighted by atomic mass is 10.1. The van der Waals surface area contributed by atoms with Crippen LogP contribution in [0.4, 0.5) is 0 Å². The van der Waals surface area contributed by atoms with Crippen molar-refractivity contribution in [3.63, 3.8) is 0 Å². The molecular weight excluding hydrogens is 152 g/mol. The molecule has 5 nitrogen and oxygen atoms in total. The van der Waals surface area contributed by atoms with Gasteiger partial charge in [-0.1, -0.05) is 0 Å². The lowest BCUT2D eigenvalue weighted by Crippen LogP contribution is -2.36. The summed E-state index contributed by atoms with van der Waals surface area (Å²) in [5.74, 6) is 0. The van der Waals surface area contributed by atoms with Crippen LogP contribution in [0.1, 0.15) is 6.42 Å². The summed E-state index contributed by atoms with van der Waals surface area (Å²) < 4.78 is 4.72. The molecule has 66 valence electrons. The zero-order chi connectivity index (χ0) is 8.43. The molecule has 5 heteroatoms. The Hall–Kier alpha value is -0.200. The molecule has 11 heavy (non-hydrogen) atoms. The van der Waals surface area contributed by atoms with Crippen LogP contribution in [0, 0.1) is 0 Å². The first-order valence-corrected chi connectivity index (χ1v) is 3.45. The monoisotopic (exact) mass is 164 g/mol. The minimum atomic E-state index is -1.12. The minimum absolute atomic E-state index is 0.0850. The standard InChI is InChI=1S/C6H12O5/c7-2-4(9)6-3(8)1-5(10)11-6/h3-10H,1-2H2/t3-,4?,5+,6-/m0/s1. The average Bonchev–Trinajstić information content (AvgIpc) is 2.28. The molecule has 0 amide bonds. The summed E-state index contributed by atoms with van der Waals surface area (Å²) in [6.07, 6.45) is -3.83. The summed E-state index contributed by atoms with van der Waals surface area (Å²) in [4.78, 5) is 0. The van der Waals surface area contributed by atoms with Crippen LogP contribution >= 0.6 is 0 Å². The average molecular weight is 164 g/mol. The Balaban J connectivity index is 2.45.